The molecular formula is C8H16O8. The average molecular weight is 240 g/mol. The summed E-state index contributed by atoms with van der Waals surface area (Å²) in [4.78, 5) is 0. The van der Waals surface area contributed by atoms with Crippen molar-refractivity contribution in [2.45, 2.75) is 36.3 Å². The Morgan fingerprint density at radius 1 is 1.19 bits per heavy atom. The Labute approximate surface area is 91.0 Å². The number of hydrogen-bond acceptors (Lipinski definition) is 8. The molecule has 1 saturated heterocycles. The maximum atomic E-state index is 9.58. The Morgan fingerprint density at radius 3 is 2.19 bits per heavy atom. The first-order valence-electron chi connectivity index (χ1n) is 4.70. The molecule has 16 heavy (non-hydrogen) atoms. The van der Waals surface area contributed by atoms with Crippen molar-refractivity contribution in [2.75, 3.05) is 13.2 Å². The van der Waals surface area contributed by atoms with Crippen molar-refractivity contribution in [1.29, 1.82) is 0 Å². The first-order chi connectivity index (χ1) is 7.38. The first-order valence-corrected chi connectivity index (χ1v) is 4.70. The Hall–Kier alpha value is -0.320. The predicted molar refractivity (Wildman–Crippen MR) is 48.0 cm³/mol. The van der Waals surface area contributed by atoms with E-state index in [1.54, 1.807) is 0 Å². The van der Waals surface area contributed by atoms with Gasteiger partial charge in [-0.1, -0.05) is 0 Å². The van der Waals surface area contributed by atoms with Crippen molar-refractivity contribution < 1.29 is 40.5 Å². The Kier molecular flexibility index (Phi) is 4.21. The van der Waals surface area contributed by atoms with Crippen molar-refractivity contribution in [3.63, 3.8) is 0 Å². The zero-order valence-electron chi connectivity index (χ0n) is 8.34. The van der Waals surface area contributed by atoms with Gasteiger partial charge in [-0.15, -0.1) is 0 Å². The standard InChI is InChI=1S/C8H16O8/c9-1-3(11)5-4(12)6(13)8(15,2-10)7(14)16-5/h3-7,9-15H,1-2H2/t3-,4+,5-,6-,7-,8-/m1/s1. The Bertz CT molecular complexity index is 234. The third-order valence-corrected chi connectivity index (χ3v) is 2.71. The van der Waals surface area contributed by atoms with Gasteiger partial charge >= 0.3 is 0 Å². The van der Waals surface area contributed by atoms with Gasteiger partial charge < -0.3 is 40.5 Å². The topological polar surface area (TPSA) is 151 Å². The molecule has 7 N–H and O–H groups in total. The van der Waals surface area contributed by atoms with Gasteiger partial charge in [0.1, 0.15) is 24.4 Å². The largest absolute Gasteiger partial charge is 0.394 e. The summed E-state index contributed by atoms with van der Waals surface area (Å²) in [5.74, 6) is 0. The summed E-state index contributed by atoms with van der Waals surface area (Å²) < 4.78 is 4.65. The smallest absolute Gasteiger partial charge is 0.189 e. The maximum absolute atomic E-state index is 9.58. The molecule has 0 aromatic carbocycles. The molecular weight excluding hydrogens is 224 g/mol. The van der Waals surface area contributed by atoms with Crippen LogP contribution in [0.1, 0.15) is 0 Å². The van der Waals surface area contributed by atoms with Gasteiger partial charge in [-0.25, -0.2) is 0 Å². The van der Waals surface area contributed by atoms with Crippen LogP contribution in [0.2, 0.25) is 0 Å². The van der Waals surface area contributed by atoms with E-state index in [1.807, 2.05) is 0 Å². The highest BCUT2D eigenvalue weighted by molar-refractivity contribution is 5.01. The van der Waals surface area contributed by atoms with Crippen molar-refractivity contribution in [3.8, 4) is 0 Å². The second kappa shape index (κ2) is 4.90. The van der Waals surface area contributed by atoms with E-state index in [1.165, 1.54) is 0 Å². The highest BCUT2D eigenvalue weighted by Crippen LogP contribution is 2.29. The van der Waals surface area contributed by atoms with Crippen LogP contribution in [0.4, 0.5) is 0 Å². The minimum Gasteiger partial charge on any atom is -0.394 e. The number of rotatable bonds is 3. The molecule has 8 nitrogen and oxygen atoms in total. The summed E-state index contributed by atoms with van der Waals surface area (Å²) in [7, 11) is 0. The van der Waals surface area contributed by atoms with Gasteiger partial charge in [0, 0.05) is 0 Å². The summed E-state index contributed by atoms with van der Waals surface area (Å²) in [6.07, 6.45) is -8.62. The quantitative estimate of drug-likeness (QED) is 0.261. The van der Waals surface area contributed by atoms with Crippen LogP contribution in [0.25, 0.3) is 0 Å². The fraction of sp³-hybridized carbons (Fsp3) is 1.00. The molecule has 1 fully saturated rings. The molecule has 0 saturated carbocycles. The van der Waals surface area contributed by atoms with Crippen LogP contribution in [-0.4, -0.2) is 85.3 Å². The third-order valence-electron chi connectivity index (χ3n) is 2.71. The molecule has 96 valence electrons. The summed E-state index contributed by atoms with van der Waals surface area (Å²) >= 11 is 0. The third kappa shape index (κ3) is 2.06. The molecule has 0 unspecified atom stereocenters. The Balaban J connectivity index is 2.87. The predicted octanol–water partition coefficient (Wildman–Crippen LogP) is -4.50. The summed E-state index contributed by atoms with van der Waals surface area (Å²) in [6, 6.07) is 0. The van der Waals surface area contributed by atoms with E-state index >= 15 is 0 Å². The van der Waals surface area contributed by atoms with Gasteiger partial charge in [-0.3, -0.25) is 0 Å². The van der Waals surface area contributed by atoms with Crippen molar-refractivity contribution in [2.24, 2.45) is 0 Å². The molecule has 1 aliphatic heterocycles. The molecule has 0 aromatic heterocycles. The van der Waals surface area contributed by atoms with E-state index in [2.05, 4.69) is 4.74 Å². The van der Waals surface area contributed by atoms with Gasteiger partial charge in [0.15, 0.2) is 11.9 Å². The van der Waals surface area contributed by atoms with E-state index in [0.717, 1.165) is 0 Å². The highest BCUT2D eigenvalue weighted by Gasteiger charge is 2.55. The number of aliphatic hydroxyl groups excluding tert-OH is 6. The molecule has 1 aliphatic rings. The van der Waals surface area contributed by atoms with Gasteiger partial charge in [-0.05, 0) is 0 Å². The number of ether oxygens (including phenoxy) is 1. The second-order valence-corrected chi connectivity index (χ2v) is 3.79. The van der Waals surface area contributed by atoms with E-state index in [-0.39, 0.29) is 0 Å². The van der Waals surface area contributed by atoms with Crippen molar-refractivity contribution in [1.82, 2.24) is 0 Å². The summed E-state index contributed by atoms with van der Waals surface area (Å²) in [6.45, 7) is -1.78. The van der Waals surface area contributed by atoms with Crippen LogP contribution < -0.4 is 0 Å². The maximum Gasteiger partial charge on any atom is 0.189 e. The fourth-order valence-corrected chi connectivity index (χ4v) is 1.56. The molecule has 0 bridgehead atoms. The van der Waals surface area contributed by atoms with Crippen LogP contribution in [0.3, 0.4) is 0 Å². The summed E-state index contributed by atoms with van der Waals surface area (Å²) in [5.41, 5.74) is -2.43. The van der Waals surface area contributed by atoms with E-state index < -0.39 is 49.5 Å². The van der Waals surface area contributed by atoms with Gasteiger partial charge in [0.25, 0.3) is 0 Å². The van der Waals surface area contributed by atoms with Gasteiger partial charge in [0.2, 0.25) is 0 Å². The SMILES string of the molecule is OC[C@@H](O)[C@H]1O[C@@H](O)[C@@](O)(CO)[C@H](O)[C@H]1O. The van der Waals surface area contributed by atoms with E-state index in [9.17, 15) is 25.5 Å². The van der Waals surface area contributed by atoms with Crippen LogP contribution >= 0.6 is 0 Å². The molecule has 8 heteroatoms. The van der Waals surface area contributed by atoms with Gasteiger partial charge in [-0.2, -0.15) is 0 Å². The average Bonchev–Trinajstić information content (AvgIpc) is 2.30. The normalized spacial score (nSPS) is 46.7. The number of hydrogen-bond donors (Lipinski definition) is 7. The van der Waals surface area contributed by atoms with E-state index in [4.69, 9.17) is 10.2 Å². The minimum absolute atomic E-state index is 0.751. The lowest BCUT2D eigenvalue weighted by Crippen LogP contribution is -2.69. The molecule has 0 amide bonds. The monoisotopic (exact) mass is 240 g/mol. The second-order valence-electron chi connectivity index (χ2n) is 3.79. The molecule has 6 atom stereocenters. The zero-order chi connectivity index (χ0) is 12.5. The highest BCUT2D eigenvalue weighted by atomic mass is 16.6. The Morgan fingerprint density at radius 2 is 1.75 bits per heavy atom. The first kappa shape index (κ1) is 13.7. The van der Waals surface area contributed by atoms with Crippen molar-refractivity contribution >= 4 is 0 Å². The fourth-order valence-electron chi connectivity index (χ4n) is 1.56. The van der Waals surface area contributed by atoms with Crippen LogP contribution in [-0.2, 0) is 4.74 Å². The lowest BCUT2D eigenvalue weighted by atomic mass is 9.85. The molecule has 0 spiro atoms. The lowest BCUT2D eigenvalue weighted by Gasteiger charge is -2.46. The number of aliphatic hydroxyl groups is 7. The van der Waals surface area contributed by atoms with E-state index in [0.29, 0.717) is 0 Å². The van der Waals surface area contributed by atoms with Gasteiger partial charge in [0.05, 0.1) is 13.2 Å². The molecule has 0 radical (unpaired) electrons. The summed E-state index contributed by atoms with van der Waals surface area (Å²) in [5, 5.41) is 64.6. The molecule has 1 heterocycles. The van der Waals surface area contributed by atoms with Crippen LogP contribution in [0, 0.1) is 0 Å². The lowest BCUT2D eigenvalue weighted by molar-refractivity contribution is -0.344. The van der Waals surface area contributed by atoms with Crippen LogP contribution in [0.15, 0.2) is 0 Å². The van der Waals surface area contributed by atoms with Crippen LogP contribution in [0.5, 0.6) is 0 Å². The molecule has 0 aromatic rings. The zero-order valence-corrected chi connectivity index (χ0v) is 8.34. The minimum atomic E-state index is -2.43. The van der Waals surface area contributed by atoms with Crippen molar-refractivity contribution in [3.05, 3.63) is 0 Å². The molecule has 1 rings (SSSR count). The molecule has 0 aliphatic carbocycles.